The van der Waals surface area contributed by atoms with Gasteiger partial charge in [0.25, 0.3) is 0 Å². The Hall–Kier alpha value is -1.74. The molecule has 0 saturated carbocycles. The quantitative estimate of drug-likeness (QED) is 0.813. The zero-order chi connectivity index (χ0) is 12.8. The summed E-state index contributed by atoms with van der Waals surface area (Å²) in [6.07, 6.45) is 0. The average Bonchev–Trinajstić information content (AvgIpc) is 2.60. The van der Waals surface area contributed by atoms with Crippen molar-refractivity contribution in [1.82, 2.24) is 0 Å². The molecule has 2 aromatic carbocycles. The predicted octanol–water partition coefficient (Wildman–Crippen LogP) is 2.90. The van der Waals surface area contributed by atoms with E-state index in [4.69, 9.17) is 9.68 Å². The van der Waals surface area contributed by atoms with Crippen LogP contribution in [-0.2, 0) is 5.41 Å². The maximum Gasteiger partial charge on any atom is 0.569 e. The van der Waals surface area contributed by atoms with Crippen LogP contribution in [0.5, 0.6) is 5.75 Å². The van der Waals surface area contributed by atoms with Gasteiger partial charge in [-0.15, -0.1) is 0 Å². The Morgan fingerprint density at radius 2 is 1.72 bits per heavy atom. The van der Waals surface area contributed by atoms with Gasteiger partial charge in [0.2, 0.25) is 0 Å². The number of benzene rings is 2. The van der Waals surface area contributed by atoms with Crippen LogP contribution in [0, 0.1) is 0 Å². The molecule has 0 heterocycles. The van der Waals surface area contributed by atoms with Crippen LogP contribution < -0.4 is 4.65 Å². The Kier molecular flexibility index (Phi) is 2.45. The Labute approximate surface area is 108 Å². The molecule has 0 aliphatic heterocycles. The lowest BCUT2D eigenvalue weighted by atomic mass is 9.82. The topological polar surface area (TPSA) is 29.5 Å². The Morgan fingerprint density at radius 1 is 1.00 bits per heavy atom. The van der Waals surface area contributed by atoms with Crippen LogP contribution in [0.15, 0.2) is 42.5 Å². The molecule has 0 unspecified atom stereocenters. The highest BCUT2D eigenvalue weighted by atomic mass is 16.5. The van der Waals surface area contributed by atoms with Crippen LogP contribution in [0.3, 0.4) is 0 Å². The van der Waals surface area contributed by atoms with Crippen LogP contribution in [0.2, 0.25) is 0 Å². The van der Waals surface area contributed by atoms with E-state index in [1.54, 1.807) is 0 Å². The summed E-state index contributed by atoms with van der Waals surface area (Å²) in [6.45, 7) is 4.47. The van der Waals surface area contributed by atoms with E-state index in [1.165, 1.54) is 22.3 Å². The maximum atomic E-state index is 8.72. The molecular formula is C15H14BO2. The van der Waals surface area contributed by atoms with E-state index in [2.05, 4.69) is 44.2 Å². The van der Waals surface area contributed by atoms with Crippen molar-refractivity contribution >= 4 is 7.69 Å². The molecule has 2 nitrogen and oxygen atoms in total. The van der Waals surface area contributed by atoms with Crippen molar-refractivity contribution in [1.29, 1.82) is 0 Å². The van der Waals surface area contributed by atoms with Gasteiger partial charge in [-0.25, -0.2) is 0 Å². The molecule has 18 heavy (non-hydrogen) atoms. The Morgan fingerprint density at radius 3 is 2.50 bits per heavy atom. The van der Waals surface area contributed by atoms with Crippen LogP contribution in [0.25, 0.3) is 11.1 Å². The number of hydrogen-bond donors (Lipinski definition) is 1. The normalized spacial score (nSPS) is 14.8. The lowest BCUT2D eigenvalue weighted by Crippen LogP contribution is -2.14. The number of hydrogen-bond acceptors (Lipinski definition) is 2. The van der Waals surface area contributed by atoms with Gasteiger partial charge in [0.05, 0.1) is 0 Å². The monoisotopic (exact) mass is 237 g/mol. The number of fused-ring (bicyclic) bond motifs is 3. The van der Waals surface area contributed by atoms with Crippen molar-refractivity contribution < 1.29 is 9.68 Å². The Bertz CT molecular complexity index is 605. The summed E-state index contributed by atoms with van der Waals surface area (Å²) in [4.78, 5) is 0. The minimum atomic E-state index is 0.0212. The largest absolute Gasteiger partial charge is 0.569 e. The van der Waals surface area contributed by atoms with Crippen LogP contribution in [0.4, 0.5) is 0 Å². The van der Waals surface area contributed by atoms with Gasteiger partial charge in [-0.1, -0.05) is 44.2 Å². The van der Waals surface area contributed by atoms with Gasteiger partial charge in [-0.3, -0.25) is 0 Å². The lowest BCUT2D eigenvalue weighted by Gasteiger charge is -2.21. The van der Waals surface area contributed by atoms with E-state index in [0.717, 1.165) is 0 Å². The third-order valence-corrected chi connectivity index (χ3v) is 3.74. The lowest BCUT2D eigenvalue weighted by molar-refractivity contribution is 0.454. The van der Waals surface area contributed by atoms with Crippen LogP contribution >= 0.6 is 0 Å². The molecule has 0 atom stereocenters. The molecule has 89 valence electrons. The summed E-state index contributed by atoms with van der Waals surface area (Å²) in [6, 6.07) is 14.4. The number of rotatable bonds is 2. The van der Waals surface area contributed by atoms with Gasteiger partial charge in [0.1, 0.15) is 5.75 Å². The standard InChI is InChI=1S/C15H14BO2/c1-15(2)13-6-4-3-5-11(13)12-9-10(18-16-17)7-8-14(12)15/h3-9,17H,1-2H3. The molecule has 0 bridgehead atoms. The van der Waals surface area contributed by atoms with Crippen molar-refractivity contribution in [3.8, 4) is 16.9 Å². The van der Waals surface area contributed by atoms with E-state index >= 15 is 0 Å². The van der Waals surface area contributed by atoms with Gasteiger partial charge in [-0.05, 0) is 34.4 Å². The highest BCUT2D eigenvalue weighted by molar-refractivity contribution is 6.17. The van der Waals surface area contributed by atoms with Crippen LogP contribution in [0.1, 0.15) is 25.0 Å². The molecule has 2 aromatic rings. The minimum Gasteiger partial charge on any atom is -0.537 e. The average molecular weight is 237 g/mol. The first-order chi connectivity index (χ1) is 8.64. The summed E-state index contributed by atoms with van der Waals surface area (Å²) >= 11 is 0. The molecule has 0 aromatic heterocycles. The molecular weight excluding hydrogens is 223 g/mol. The SMILES string of the molecule is CC1(C)c2ccccc2-c2cc(O[B]O)ccc21. The van der Waals surface area contributed by atoms with Crippen molar-refractivity contribution in [3.05, 3.63) is 53.6 Å². The van der Waals surface area contributed by atoms with E-state index in [9.17, 15) is 0 Å². The third kappa shape index (κ3) is 1.47. The van der Waals surface area contributed by atoms with Crippen molar-refractivity contribution in [3.63, 3.8) is 0 Å². The molecule has 3 heteroatoms. The molecule has 0 spiro atoms. The van der Waals surface area contributed by atoms with Gasteiger partial charge in [0.15, 0.2) is 0 Å². The van der Waals surface area contributed by atoms with Crippen molar-refractivity contribution in [2.24, 2.45) is 0 Å². The molecule has 3 rings (SSSR count). The summed E-state index contributed by atoms with van der Waals surface area (Å²) in [7, 11) is 0.716. The van der Waals surface area contributed by atoms with E-state index < -0.39 is 0 Å². The minimum absolute atomic E-state index is 0.0212. The highest BCUT2D eigenvalue weighted by Crippen LogP contribution is 2.49. The summed E-state index contributed by atoms with van der Waals surface area (Å²) in [5, 5.41) is 8.72. The van der Waals surface area contributed by atoms with Gasteiger partial charge in [-0.2, -0.15) is 0 Å². The van der Waals surface area contributed by atoms with Crippen molar-refractivity contribution in [2.45, 2.75) is 19.3 Å². The molecule has 0 amide bonds. The maximum absolute atomic E-state index is 8.72. The summed E-state index contributed by atoms with van der Waals surface area (Å²) in [5.41, 5.74) is 5.10. The molecule has 1 N–H and O–H groups in total. The van der Waals surface area contributed by atoms with Crippen molar-refractivity contribution in [2.75, 3.05) is 0 Å². The fourth-order valence-corrected chi connectivity index (χ4v) is 2.83. The first kappa shape index (κ1) is 11.4. The smallest absolute Gasteiger partial charge is 0.537 e. The molecule has 0 fully saturated rings. The second-order valence-electron chi connectivity index (χ2n) is 5.10. The van der Waals surface area contributed by atoms with E-state index in [1.807, 2.05) is 12.1 Å². The molecule has 1 aliphatic carbocycles. The second-order valence-corrected chi connectivity index (χ2v) is 5.10. The molecule has 1 aliphatic rings. The van der Waals surface area contributed by atoms with E-state index in [0.29, 0.717) is 13.4 Å². The first-order valence-electron chi connectivity index (χ1n) is 6.01. The second kappa shape index (κ2) is 3.89. The van der Waals surface area contributed by atoms with Gasteiger partial charge >= 0.3 is 7.69 Å². The predicted molar refractivity (Wildman–Crippen MR) is 72.6 cm³/mol. The van der Waals surface area contributed by atoms with Gasteiger partial charge in [0, 0.05) is 5.41 Å². The first-order valence-corrected chi connectivity index (χ1v) is 6.01. The zero-order valence-electron chi connectivity index (χ0n) is 10.5. The fourth-order valence-electron chi connectivity index (χ4n) is 2.83. The summed E-state index contributed by atoms with van der Waals surface area (Å²) < 4.78 is 5.04. The Balaban J connectivity index is 2.23. The zero-order valence-corrected chi connectivity index (χ0v) is 10.5. The molecule has 0 saturated heterocycles. The fraction of sp³-hybridized carbons (Fsp3) is 0.200. The van der Waals surface area contributed by atoms with E-state index in [-0.39, 0.29) is 5.41 Å². The van der Waals surface area contributed by atoms with Gasteiger partial charge < -0.3 is 9.68 Å². The highest BCUT2D eigenvalue weighted by Gasteiger charge is 2.35. The van der Waals surface area contributed by atoms with Crippen LogP contribution in [-0.4, -0.2) is 12.7 Å². The summed E-state index contributed by atoms with van der Waals surface area (Å²) in [5.74, 6) is 0.656. The third-order valence-electron chi connectivity index (χ3n) is 3.74. The molecule has 1 radical (unpaired) electrons.